The molecule has 19 heavy (non-hydrogen) atoms. The Bertz CT molecular complexity index is 511. The van der Waals surface area contributed by atoms with Crippen molar-refractivity contribution in [3.8, 4) is 5.88 Å². The van der Waals surface area contributed by atoms with Gasteiger partial charge in [0.25, 0.3) is 0 Å². The largest absolute Gasteiger partial charge is 0.475 e. The number of aromatic nitrogens is 1. The Morgan fingerprint density at radius 1 is 1.21 bits per heavy atom. The molecule has 0 saturated carbocycles. The molecule has 0 amide bonds. The van der Waals surface area contributed by atoms with Crippen LogP contribution in [0.1, 0.15) is 25.1 Å². The van der Waals surface area contributed by atoms with Gasteiger partial charge in [-0.15, -0.1) is 5.56 Å². The number of rotatable bonds is 4. The fraction of sp³-hybridized carbons (Fsp3) is 0.267. The third kappa shape index (κ3) is 4.75. The average Bonchev–Trinajstić information content (AvgIpc) is 2.37. The Balaban J connectivity index is 0.00000180. The number of hydrogen-bond donors (Lipinski definition) is 0. The first-order chi connectivity index (χ1) is 8.55. The Hall–Kier alpha value is -1.21. The molecule has 1 aromatic heterocycles. The molecule has 4 heteroatoms. The van der Waals surface area contributed by atoms with Crippen LogP contribution in [0.5, 0.6) is 5.88 Å². The maximum atomic E-state index is 13.7. The standard InChI is InChI=1S/C15H15FNO.W/c1-15(2,16)13-9-6-10-14(17-13)18-11-12-7-4-3-5-8-12;/h3-7,9-10H,11H2,1-2H3;/q-1;. The van der Waals surface area contributed by atoms with Crippen LogP contribution in [-0.2, 0) is 33.3 Å². The van der Waals surface area contributed by atoms with Gasteiger partial charge >= 0.3 is 0 Å². The molecular weight excluding hydrogens is 413 g/mol. The molecule has 0 aliphatic heterocycles. The molecule has 100 valence electrons. The molecule has 1 aromatic carbocycles. The van der Waals surface area contributed by atoms with Gasteiger partial charge in [-0.3, -0.25) is 0 Å². The van der Waals surface area contributed by atoms with Gasteiger partial charge in [0.1, 0.15) is 5.67 Å². The third-order valence-electron chi connectivity index (χ3n) is 2.48. The van der Waals surface area contributed by atoms with Crippen LogP contribution in [0.4, 0.5) is 4.39 Å². The third-order valence-corrected chi connectivity index (χ3v) is 2.48. The summed E-state index contributed by atoms with van der Waals surface area (Å²) >= 11 is 0. The van der Waals surface area contributed by atoms with Crippen molar-refractivity contribution in [1.82, 2.24) is 4.98 Å². The van der Waals surface area contributed by atoms with E-state index in [1.165, 1.54) is 13.8 Å². The van der Waals surface area contributed by atoms with Crippen LogP contribution in [0.15, 0.2) is 42.5 Å². The molecule has 0 spiro atoms. The van der Waals surface area contributed by atoms with Crippen molar-refractivity contribution >= 4 is 0 Å². The minimum Gasteiger partial charge on any atom is -0.475 e. The molecule has 0 saturated heterocycles. The zero-order valence-corrected chi connectivity index (χ0v) is 13.8. The monoisotopic (exact) mass is 428 g/mol. The maximum Gasteiger partial charge on any atom is 0.213 e. The van der Waals surface area contributed by atoms with Gasteiger partial charge in [0.2, 0.25) is 5.88 Å². The fourth-order valence-corrected chi connectivity index (χ4v) is 1.50. The van der Waals surface area contributed by atoms with Gasteiger partial charge in [0.05, 0.1) is 12.3 Å². The summed E-state index contributed by atoms with van der Waals surface area (Å²) in [6, 6.07) is 15.7. The van der Waals surface area contributed by atoms with Crippen LogP contribution in [-0.4, -0.2) is 4.98 Å². The molecule has 2 nitrogen and oxygen atoms in total. The number of hydrogen-bond acceptors (Lipinski definition) is 2. The predicted octanol–water partition coefficient (Wildman–Crippen LogP) is 3.66. The molecule has 0 aliphatic carbocycles. The smallest absolute Gasteiger partial charge is 0.213 e. The summed E-state index contributed by atoms with van der Waals surface area (Å²) in [7, 11) is 0. The van der Waals surface area contributed by atoms with E-state index in [2.05, 4.69) is 11.1 Å². The molecule has 0 radical (unpaired) electrons. The SMILES string of the molecule is CC(C)(F)c1cccc(OCc2[c-]cccc2)n1.[W]. The van der Waals surface area contributed by atoms with Gasteiger partial charge in [-0.05, 0) is 19.9 Å². The van der Waals surface area contributed by atoms with E-state index in [-0.39, 0.29) is 21.1 Å². The van der Waals surface area contributed by atoms with Crippen LogP contribution in [0, 0.1) is 6.07 Å². The zero-order valence-electron chi connectivity index (χ0n) is 10.9. The van der Waals surface area contributed by atoms with Crippen LogP contribution >= 0.6 is 0 Å². The summed E-state index contributed by atoms with van der Waals surface area (Å²) < 4.78 is 19.3. The first-order valence-electron chi connectivity index (χ1n) is 5.80. The summed E-state index contributed by atoms with van der Waals surface area (Å²) in [5.41, 5.74) is -0.153. The van der Waals surface area contributed by atoms with Crippen LogP contribution < -0.4 is 4.74 Å². The first-order valence-corrected chi connectivity index (χ1v) is 5.80. The average molecular weight is 428 g/mol. The summed E-state index contributed by atoms with van der Waals surface area (Å²) in [4.78, 5) is 4.15. The van der Waals surface area contributed by atoms with Crippen LogP contribution in [0.2, 0.25) is 0 Å². The van der Waals surface area contributed by atoms with E-state index in [9.17, 15) is 4.39 Å². The van der Waals surface area contributed by atoms with E-state index in [1.807, 2.05) is 24.3 Å². The van der Waals surface area contributed by atoms with E-state index in [4.69, 9.17) is 4.74 Å². The number of pyridine rings is 1. The summed E-state index contributed by atoms with van der Waals surface area (Å²) in [6.45, 7) is 3.33. The molecule has 2 aromatic rings. The number of ether oxygens (including phenoxy) is 1. The van der Waals surface area contributed by atoms with Gasteiger partial charge < -0.3 is 4.74 Å². The molecule has 0 N–H and O–H groups in total. The van der Waals surface area contributed by atoms with Gasteiger partial charge in [-0.2, -0.15) is 30.3 Å². The topological polar surface area (TPSA) is 22.1 Å². The summed E-state index contributed by atoms with van der Waals surface area (Å²) in [5, 5.41) is 0. The second kappa shape index (κ2) is 6.81. The van der Waals surface area contributed by atoms with Gasteiger partial charge in [0.15, 0.2) is 0 Å². The van der Waals surface area contributed by atoms with E-state index < -0.39 is 5.67 Å². The summed E-state index contributed by atoms with van der Waals surface area (Å²) in [6.07, 6.45) is 0. The van der Waals surface area contributed by atoms with E-state index in [0.29, 0.717) is 18.2 Å². The molecule has 0 aliphatic rings. The van der Waals surface area contributed by atoms with Crippen molar-refractivity contribution in [2.75, 3.05) is 0 Å². The minimum atomic E-state index is -1.46. The zero-order chi connectivity index (χ0) is 13.0. The molecule has 0 fully saturated rings. The van der Waals surface area contributed by atoms with Gasteiger partial charge in [0, 0.05) is 27.1 Å². The summed E-state index contributed by atoms with van der Waals surface area (Å²) in [5.74, 6) is 0.426. The van der Waals surface area contributed by atoms with Crippen molar-refractivity contribution in [1.29, 1.82) is 0 Å². The Morgan fingerprint density at radius 3 is 2.63 bits per heavy atom. The van der Waals surface area contributed by atoms with Crippen molar-refractivity contribution in [3.05, 3.63) is 59.8 Å². The van der Waals surface area contributed by atoms with Crippen molar-refractivity contribution in [2.24, 2.45) is 0 Å². The van der Waals surface area contributed by atoms with E-state index >= 15 is 0 Å². The Kier molecular flexibility index (Phi) is 5.68. The molecule has 0 atom stereocenters. The number of nitrogens with zero attached hydrogens (tertiary/aromatic N) is 1. The molecule has 0 bridgehead atoms. The van der Waals surface area contributed by atoms with E-state index in [0.717, 1.165) is 5.56 Å². The quantitative estimate of drug-likeness (QED) is 0.694. The number of halogens is 1. The maximum absolute atomic E-state index is 13.7. The molecular formula is C15H15FNOW-. The van der Waals surface area contributed by atoms with Crippen molar-refractivity contribution in [2.45, 2.75) is 26.1 Å². The van der Waals surface area contributed by atoms with Crippen molar-refractivity contribution in [3.63, 3.8) is 0 Å². The molecule has 2 rings (SSSR count). The number of alkyl halides is 1. The predicted molar refractivity (Wildman–Crippen MR) is 68.0 cm³/mol. The van der Waals surface area contributed by atoms with Gasteiger partial charge in [-0.25, -0.2) is 9.37 Å². The number of benzene rings is 1. The Labute approximate surface area is 127 Å². The van der Waals surface area contributed by atoms with E-state index in [1.54, 1.807) is 18.2 Å². The first kappa shape index (κ1) is 15.8. The van der Waals surface area contributed by atoms with Gasteiger partial charge in [-0.1, -0.05) is 6.07 Å². The fourth-order valence-electron chi connectivity index (χ4n) is 1.50. The minimum absolute atomic E-state index is 0. The normalized spacial score (nSPS) is 10.7. The second-order valence-electron chi connectivity index (χ2n) is 4.51. The van der Waals surface area contributed by atoms with Crippen LogP contribution in [0.3, 0.4) is 0 Å². The molecule has 0 unspecified atom stereocenters. The molecule has 1 heterocycles. The van der Waals surface area contributed by atoms with Crippen molar-refractivity contribution < 1.29 is 30.2 Å². The Morgan fingerprint density at radius 2 is 2.00 bits per heavy atom. The van der Waals surface area contributed by atoms with Crippen LogP contribution in [0.25, 0.3) is 0 Å². The second-order valence-corrected chi connectivity index (χ2v) is 4.51.